The maximum atomic E-state index is 12.6. The molecule has 0 aromatic heterocycles. The number of anilines is 1. The van der Waals surface area contributed by atoms with Crippen molar-refractivity contribution in [2.24, 2.45) is 0 Å². The van der Waals surface area contributed by atoms with Gasteiger partial charge in [-0.15, -0.1) is 0 Å². The predicted octanol–water partition coefficient (Wildman–Crippen LogP) is 6.55. The summed E-state index contributed by atoms with van der Waals surface area (Å²) in [7, 11) is 0. The normalized spacial score (nSPS) is 10.8. The number of nitro groups is 2. The summed E-state index contributed by atoms with van der Waals surface area (Å²) in [5.41, 5.74) is -0.647. The Morgan fingerprint density at radius 2 is 1.76 bits per heavy atom. The Morgan fingerprint density at radius 3 is 2.35 bits per heavy atom. The monoisotopic (exact) mass is 542 g/mol. The molecular weight excluding hydrogens is 527 g/mol. The highest BCUT2D eigenvalue weighted by atomic mass is 35.5. The molecule has 188 valence electrons. The highest BCUT2D eigenvalue weighted by molar-refractivity contribution is 6.32. The van der Waals surface area contributed by atoms with E-state index in [9.17, 15) is 30.3 Å². The number of carbonyl (C=O) groups excluding carboxylic acids is 1. The number of halogens is 2. The van der Waals surface area contributed by atoms with Gasteiger partial charge in [-0.3, -0.25) is 25.0 Å². The van der Waals surface area contributed by atoms with Crippen molar-refractivity contribution >= 4 is 52.2 Å². The smallest absolute Gasteiger partial charge is 0.318 e. The van der Waals surface area contributed by atoms with Crippen LogP contribution in [-0.4, -0.2) is 22.4 Å². The Labute approximate surface area is 219 Å². The molecular formula is C24H16Cl2N4O7. The van der Waals surface area contributed by atoms with E-state index >= 15 is 0 Å². The van der Waals surface area contributed by atoms with Crippen LogP contribution in [-0.2, 0) is 4.79 Å². The van der Waals surface area contributed by atoms with Gasteiger partial charge in [0.2, 0.25) is 5.75 Å². The van der Waals surface area contributed by atoms with E-state index in [2.05, 4.69) is 5.32 Å². The highest BCUT2D eigenvalue weighted by Crippen LogP contribution is 2.43. The summed E-state index contributed by atoms with van der Waals surface area (Å²) in [4.78, 5) is 33.4. The first-order valence-corrected chi connectivity index (χ1v) is 11.1. The van der Waals surface area contributed by atoms with Crippen LogP contribution >= 0.6 is 23.2 Å². The molecule has 0 fully saturated rings. The number of hydrogen-bond donors (Lipinski definition) is 1. The first kappa shape index (κ1) is 26.9. The van der Waals surface area contributed by atoms with Crippen LogP contribution in [0.15, 0.2) is 60.2 Å². The van der Waals surface area contributed by atoms with E-state index in [0.29, 0.717) is 16.3 Å². The topological polar surface area (TPSA) is 158 Å². The maximum Gasteiger partial charge on any atom is 0.318 e. The number of carbonyl (C=O) groups is 1. The van der Waals surface area contributed by atoms with Crippen molar-refractivity contribution in [1.29, 1.82) is 5.26 Å². The minimum atomic E-state index is -0.827. The number of nitriles is 1. The Hall–Kier alpha value is -4.66. The van der Waals surface area contributed by atoms with E-state index in [1.165, 1.54) is 18.2 Å². The van der Waals surface area contributed by atoms with Gasteiger partial charge < -0.3 is 14.8 Å². The molecule has 0 saturated heterocycles. The third-order valence-corrected chi connectivity index (χ3v) is 5.20. The number of nitro benzene ring substituents is 2. The van der Waals surface area contributed by atoms with E-state index in [4.69, 9.17) is 32.7 Å². The molecule has 1 amide bonds. The van der Waals surface area contributed by atoms with E-state index in [0.717, 1.165) is 18.2 Å². The number of non-ortho nitro benzene ring substituents is 1. The summed E-state index contributed by atoms with van der Waals surface area (Å²) in [6, 6.07) is 13.8. The minimum absolute atomic E-state index is 0.0553. The average Bonchev–Trinajstić information content (AvgIpc) is 2.86. The largest absolute Gasteiger partial charge is 0.490 e. The molecule has 13 heteroatoms. The van der Waals surface area contributed by atoms with Crippen LogP contribution in [0.2, 0.25) is 10.0 Å². The van der Waals surface area contributed by atoms with Gasteiger partial charge in [0.15, 0.2) is 11.5 Å². The van der Waals surface area contributed by atoms with Crippen molar-refractivity contribution in [1.82, 2.24) is 0 Å². The molecule has 0 spiro atoms. The molecule has 3 aromatic carbocycles. The molecule has 0 radical (unpaired) electrons. The Kier molecular flexibility index (Phi) is 8.63. The zero-order chi connectivity index (χ0) is 27.1. The van der Waals surface area contributed by atoms with Crippen molar-refractivity contribution < 1.29 is 24.1 Å². The van der Waals surface area contributed by atoms with E-state index in [-0.39, 0.29) is 34.5 Å². The molecule has 0 aliphatic heterocycles. The molecule has 0 atom stereocenters. The Balaban J connectivity index is 1.97. The molecule has 0 aliphatic rings. The lowest BCUT2D eigenvalue weighted by Gasteiger charge is -2.14. The van der Waals surface area contributed by atoms with Gasteiger partial charge in [0.1, 0.15) is 11.6 Å². The van der Waals surface area contributed by atoms with E-state index < -0.39 is 27.1 Å². The number of nitrogens with zero attached hydrogens (tertiary/aromatic N) is 3. The van der Waals surface area contributed by atoms with Gasteiger partial charge in [0.05, 0.1) is 27.5 Å². The third-order valence-electron chi connectivity index (χ3n) is 4.67. The van der Waals surface area contributed by atoms with Gasteiger partial charge in [-0.2, -0.15) is 5.26 Å². The zero-order valence-corrected chi connectivity index (χ0v) is 20.4. The van der Waals surface area contributed by atoms with Crippen LogP contribution in [0.25, 0.3) is 6.08 Å². The minimum Gasteiger partial charge on any atom is -0.490 e. The van der Waals surface area contributed by atoms with Gasteiger partial charge in [-0.1, -0.05) is 23.2 Å². The lowest BCUT2D eigenvalue weighted by molar-refractivity contribution is -0.394. The fourth-order valence-corrected chi connectivity index (χ4v) is 3.42. The Bertz CT molecular complexity index is 1450. The van der Waals surface area contributed by atoms with Crippen LogP contribution in [0.4, 0.5) is 17.1 Å². The van der Waals surface area contributed by atoms with Gasteiger partial charge >= 0.3 is 5.69 Å². The molecule has 0 unspecified atom stereocenters. The van der Waals surface area contributed by atoms with Crippen LogP contribution in [0.3, 0.4) is 0 Å². The van der Waals surface area contributed by atoms with Crippen molar-refractivity contribution in [2.75, 3.05) is 11.9 Å². The van der Waals surface area contributed by atoms with Crippen LogP contribution in [0.5, 0.6) is 17.2 Å². The molecule has 0 saturated carbocycles. The summed E-state index contributed by atoms with van der Waals surface area (Å²) in [5, 5.41) is 35.0. The first-order valence-electron chi connectivity index (χ1n) is 10.4. The average molecular weight is 543 g/mol. The third kappa shape index (κ3) is 6.72. The van der Waals surface area contributed by atoms with Crippen molar-refractivity contribution in [3.63, 3.8) is 0 Å². The van der Waals surface area contributed by atoms with Crippen molar-refractivity contribution in [2.45, 2.75) is 6.92 Å². The number of hydrogen-bond acceptors (Lipinski definition) is 8. The second-order valence-electron chi connectivity index (χ2n) is 7.16. The van der Waals surface area contributed by atoms with Crippen LogP contribution < -0.4 is 14.8 Å². The summed E-state index contributed by atoms with van der Waals surface area (Å²) >= 11 is 12.2. The van der Waals surface area contributed by atoms with Crippen molar-refractivity contribution in [3.05, 3.63) is 96.0 Å². The van der Waals surface area contributed by atoms with Gasteiger partial charge in [-0.25, -0.2) is 0 Å². The second-order valence-corrected chi connectivity index (χ2v) is 8.01. The molecule has 3 aromatic rings. The molecule has 11 nitrogen and oxygen atoms in total. The fraction of sp³-hybridized carbons (Fsp3) is 0.0833. The zero-order valence-electron chi connectivity index (χ0n) is 18.9. The molecule has 37 heavy (non-hydrogen) atoms. The van der Waals surface area contributed by atoms with Crippen LogP contribution in [0, 0.1) is 31.6 Å². The molecule has 0 bridgehead atoms. The number of ether oxygens (including phenoxy) is 2. The number of rotatable bonds is 9. The highest BCUT2D eigenvalue weighted by Gasteiger charge is 2.24. The number of amides is 1. The summed E-state index contributed by atoms with van der Waals surface area (Å²) in [5.74, 6) is -1.02. The summed E-state index contributed by atoms with van der Waals surface area (Å²) in [6.07, 6.45) is 1.28. The van der Waals surface area contributed by atoms with E-state index in [1.54, 1.807) is 31.2 Å². The second kappa shape index (κ2) is 11.9. The quantitative estimate of drug-likeness (QED) is 0.138. The van der Waals surface area contributed by atoms with Crippen LogP contribution in [0.1, 0.15) is 12.5 Å². The molecule has 0 heterocycles. The summed E-state index contributed by atoms with van der Waals surface area (Å²) in [6.45, 7) is 1.83. The SMILES string of the molecule is CCOc1cc(/C=C(\C#N)C(=O)Nc2ccc(Cl)cc2)cc(Cl)c1Oc1ccc([N+](=O)[O-])cc1[N+](=O)[O-]. The molecule has 3 rings (SSSR count). The predicted molar refractivity (Wildman–Crippen MR) is 136 cm³/mol. The standard InChI is InChI=1S/C24H16Cl2N4O7/c1-2-36-22-11-14(9-15(13-27)24(31)28-17-5-3-16(25)4-6-17)10-19(26)23(22)37-21-8-7-18(29(32)33)12-20(21)30(34)35/h3-12H,2H2,1H3,(H,28,31)/b15-9+. The van der Waals surface area contributed by atoms with E-state index in [1.807, 2.05) is 6.07 Å². The Morgan fingerprint density at radius 1 is 1.05 bits per heavy atom. The fourth-order valence-electron chi connectivity index (χ4n) is 3.04. The number of nitrogens with one attached hydrogen (secondary N) is 1. The van der Waals surface area contributed by atoms with Gasteiger partial charge in [0, 0.05) is 16.8 Å². The molecule has 0 aliphatic carbocycles. The summed E-state index contributed by atoms with van der Waals surface area (Å²) < 4.78 is 11.2. The molecule has 1 N–H and O–H groups in total. The lowest BCUT2D eigenvalue weighted by Crippen LogP contribution is -2.13. The number of benzene rings is 3. The van der Waals surface area contributed by atoms with Crippen molar-refractivity contribution in [3.8, 4) is 23.3 Å². The maximum absolute atomic E-state index is 12.6. The van der Waals surface area contributed by atoms with Gasteiger partial charge in [-0.05, 0) is 61.0 Å². The van der Waals surface area contributed by atoms with Gasteiger partial charge in [0.25, 0.3) is 11.6 Å². The first-order chi connectivity index (χ1) is 17.6. The lowest BCUT2D eigenvalue weighted by atomic mass is 10.1.